The highest BCUT2D eigenvalue weighted by Crippen LogP contribution is 2.24. The van der Waals surface area contributed by atoms with Crippen LogP contribution >= 0.6 is 0 Å². The zero-order valence-corrected chi connectivity index (χ0v) is 11.0. The van der Waals surface area contributed by atoms with E-state index in [1.165, 1.54) is 0 Å². The second-order valence-corrected chi connectivity index (χ2v) is 6.22. The summed E-state index contributed by atoms with van der Waals surface area (Å²) in [5, 5.41) is 9.22. The molecule has 1 saturated heterocycles. The lowest BCUT2D eigenvalue weighted by Crippen LogP contribution is -2.56. The summed E-state index contributed by atoms with van der Waals surface area (Å²) < 4.78 is 5.78. The van der Waals surface area contributed by atoms with Crippen molar-refractivity contribution in [1.82, 2.24) is 4.90 Å². The molecule has 16 heavy (non-hydrogen) atoms. The molecule has 3 N–H and O–H groups in total. The second-order valence-electron chi connectivity index (χ2n) is 6.22. The fourth-order valence-electron chi connectivity index (χ4n) is 2.30. The van der Waals surface area contributed by atoms with Crippen molar-refractivity contribution in [1.29, 1.82) is 0 Å². The van der Waals surface area contributed by atoms with Crippen molar-refractivity contribution in [2.45, 2.75) is 39.4 Å². The SMILES string of the molecule is CC(C)(CN)CN1CC(CO)OC(C)(C)C1. The highest BCUT2D eigenvalue weighted by molar-refractivity contribution is 4.86. The van der Waals surface area contributed by atoms with Crippen LogP contribution in [0.5, 0.6) is 0 Å². The van der Waals surface area contributed by atoms with Gasteiger partial charge < -0.3 is 15.6 Å². The molecule has 1 unspecified atom stereocenters. The van der Waals surface area contributed by atoms with Crippen molar-refractivity contribution in [3.63, 3.8) is 0 Å². The van der Waals surface area contributed by atoms with Crippen molar-refractivity contribution in [3.8, 4) is 0 Å². The Labute approximate surface area is 98.8 Å². The van der Waals surface area contributed by atoms with Gasteiger partial charge in [0, 0.05) is 19.6 Å². The van der Waals surface area contributed by atoms with Gasteiger partial charge in [-0.2, -0.15) is 0 Å². The van der Waals surface area contributed by atoms with Gasteiger partial charge in [-0.1, -0.05) is 13.8 Å². The molecule has 1 atom stereocenters. The molecule has 0 spiro atoms. The molecular weight excluding hydrogens is 204 g/mol. The Balaban J connectivity index is 2.60. The van der Waals surface area contributed by atoms with Crippen molar-refractivity contribution < 1.29 is 9.84 Å². The van der Waals surface area contributed by atoms with E-state index in [0.29, 0.717) is 6.54 Å². The topological polar surface area (TPSA) is 58.7 Å². The molecule has 0 saturated carbocycles. The quantitative estimate of drug-likeness (QED) is 0.736. The van der Waals surface area contributed by atoms with E-state index in [2.05, 4.69) is 32.6 Å². The Morgan fingerprint density at radius 3 is 2.62 bits per heavy atom. The zero-order chi connectivity index (χ0) is 12.4. The number of aliphatic hydroxyl groups is 1. The highest BCUT2D eigenvalue weighted by Gasteiger charge is 2.34. The zero-order valence-electron chi connectivity index (χ0n) is 11.0. The second kappa shape index (κ2) is 5.00. The Bertz CT molecular complexity index is 229. The van der Waals surface area contributed by atoms with E-state index in [9.17, 15) is 5.11 Å². The van der Waals surface area contributed by atoms with Crippen LogP contribution < -0.4 is 5.73 Å². The first-order chi connectivity index (χ1) is 7.28. The molecule has 0 aromatic carbocycles. The van der Waals surface area contributed by atoms with Crippen LogP contribution in [0.25, 0.3) is 0 Å². The van der Waals surface area contributed by atoms with Gasteiger partial charge in [-0.05, 0) is 25.8 Å². The molecule has 0 bridgehead atoms. The van der Waals surface area contributed by atoms with E-state index in [-0.39, 0.29) is 23.7 Å². The minimum atomic E-state index is -0.184. The van der Waals surface area contributed by atoms with Gasteiger partial charge in [0.05, 0.1) is 18.3 Å². The first-order valence-electron chi connectivity index (χ1n) is 5.99. The van der Waals surface area contributed by atoms with Crippen LogP contribution in [0.15, 0.2) is 0 Å². The smallest absolute Gasteiger partial charge is 0.0940 e. The van der Waals surface area contributed by atoms with Crippen LogP contribution in [0.4, 0.5) is 0 Å². The molecule has 4 nitrogen and oxygen atoms in total. The average molecular weight is 230 g/mol. The summed E-state index contributed by atoms with van der Waals surface area (Å²) in [7, 11) is 0. The third-order valence-corrected chi connectivity index (χ3v) is 2.96. The van der Waals surface area contributed by atoms with Gasteiger partial charge in [0.1, 0.15) is 0 Å². The Hall–Kier alpha value is -0.160. The molecular formula is C12H26N2O2. The van der Waals surface area contributed by atoms with Crippen LogP contribution in [-0.4, -0.2) is 54.5 Å². The van der Waals surface area contributed by atoms with Gasteiger partial charge in [0.2, 0.25) is 0 Å². The number of morpholine rings is 1. The minimum Gasteiger partial charge on any atom is -0.394 e. The monoisotopic (exact) mass is 230 g/mol. The Morgan fingerprint density at radius 2 is 2.12 bits per heavy atom. The van der Waals surface area contributed by atoms with E-state index in [0.717, 1.165) is 19.6 Å². The number of ether oxygens (including phenoxy) is 1. The van der Waals surface area contributed by atoms with Crippen LogP contribution in [0.1, 0.15) is 27.7 Å². The summed E-state index contributed by atoms with van der Waals surface area (Å²) in [4.78, 5) is 2.34. The summed E-state index contributed by atoms with van der Waals surface area (Å²) in [6.07, 6.45) is -0.0719. The van der Waals surface area contributed by atoms with E-state index in [1.54, 1.807) is 0 Å². The van der Waals surface area contributed by atoms with Crippen molar-refractivity contribution in [2.24, 2.45) is 11.1 Å². The van der Waals surface area contributed by atoms with Crippen LogP contribution in [0.2, 0.25) is 0 Å². The number of rotatable bonds is 4. The molecule has 1 heterocycles. The maximum Gasteiger partial charge on any atom is 0.0940 e. The first kappa shape index (κ1) is 13.9. The largest absolute Gasteiger partial charge is 0.394 e. The molecule has 1 aliphatic heterocycles. The molecule has 1 aliphatic rings. The summed E-state index contributed by atoms with van der Waals surface area (Å²) in [5.74, 6) is 0. The first-order valence-corrected chi connectivity index (χ1v) is 5.99. The lowest BCUT2D eigenvalue weighted by molar-refractivity contribution is -0.152. The summed E-state index contributed by atoms with van der Waals surface area (Å²) >= 11 is 0. The summed E-state index contributed by atoms with van der Waals surface area (Å²) in [6.45, 7) is 11.9. The molecule has 96 valence electrons. The highest BCUT2D eigenvalue weighted by atomic mass is 16.5. The summed E-state index contributed by atoms with van der Waals surface area (Å²) in [5.41, 5.74) is 5.69. The fraction of sp³-hybridized carbons (Fsp3) is 1.00. The standard InChI is InChI=1S/C12H26N2O2/c1-11(2,7-13)8-14-5-10(6-15)16-12(3,4)9-14/h10,15H,5-9,13H2,1-4H3. The molecule has 1 fully saturated rings. The molecule has 0 radical (unpaired) electrons. The van der Waals surface area contributed by atoms with Gasteiger partial charge >= 0.3 is 0 Å². The molecule has 0 aromatic rings. The maximum absolute atomic E-state index is 9.22. The van der Waals surface area contributed by atoms with E-state index >= 15 is 0 Å². The van der Waals surface area contributed by atoms with E-state index < -0.39 is 0 Å². The molecule has 0 aromatic heterocycles. The van der Waals surface area contributed by atoms with Crippen molar-refractivity contribution in [3.05, 3.63) is 0 Å². The lowest BCUT2D eigenvalue weighted by Gasteiger charge is -2.44. The van der Waals surface area contributed by atoms with E-state index in [1.807, 2.05) is 0 Å². The normalized spacial score (nSPS) is 27.0. The predicted octanol–water partition coefficient (Wildman–Crippen LogP) is 0.443. The van der Waals surface area contributed by atoms with Crippen molar-refractivity contribution in [2.75, 3.05) is 32.8 Å². The average Bonchev–Trinajstić information content (AvgIpc) is 2.14. The number of aliphatic hydroxyl groups excluding tert-OH is 1. The maximum atomic E-state index is 9.22. The molecule has 0 aliphatic carbocycles. The fourth-order valence-corrected chi connectivity index (χ4v) is 2.30. The number of nitrogens with two attached hydrogens (primary N) is 1. The lowest BCUT2D eigenvalue weighted by atomic mass is 9.91. The van der Waals surface area contributed by atoms with Gasteiger partial charge in [0.25, 0.3) is 0 Å². The van der Waals surface area contributed by atoms with Gasteiger partial charge in [-0.3, -0.25) is 4.90 Å². The molecule has 1 rings (SSSR count). The van der Waals surface area contributed by atoms with Crippen LogP contribution in [-0.2, 0) is 4.74 Å². The van der Waals surface area contributed by atoms with Gasteiger partial charge in [0.15, 0.2) is 0 Å². The third kappa shape index (κ3) is 4.01. The van der Waals surface area contributed by atoms with Gasteiger partial charge in [-0.25, -0.2) is 0 Å². The number of hydrogen-bond acceptors (Lipinski definition) is 4. The van der Waals surface area contributed by atoms with Crippen LogP contribution in [0.3, 0.4) is 0 Å². The van der Waals surface area contributed by atoms with E-state index in [4.69, 9.17) is 10.5 Å². The minimum absolute atomic E-state index is 0.0719. The Morgan fingerprint density at radius 1 is 1.50 bits per heavy atom. The van der Waals surface area contributed by atoms with Crippen molar-refractivity contribution >= 4 is 0 Å². The number of hydrogen-bond donors (Lipinski definition) is 2. The summed E-state index contributed by atoms with van der Waals surface area (Å²) in [6, 6.07) is 0. The Kier molecular flexibility index (Phi) is 4.35. The molecule has 0 amide bonds. The predicted molar refractivity (Wildman–Crippen MR) is 65.3 cm³/mol. The van der Waals surface area contributed by atoms with Gasteiger partial charge in [-0.15, -0.1) is 0 Å². The third-order valence-electron chi connectivity index (χ3n) is 2.96. The van der Waals surface area contributed by atoms with Crippen LogP contribution in [0, 0.1) is 5.41 Å². The number of nitrogens with zero attached hydrogens (tertiary/aromatic N) is 1. The molecule has 4 heteroatoms.